The second-order valence-electron chi connectivity index (χ2n) is 7.93. The zero-order valence-electron chi connectivity index (χ0n) is 19.4. The normalized spacial score (nSPS) is 12.2. The van der Waals surface area contributed by atoms with Gasteiger partial charge in [-0.3, -0.25) is 9.59 Å². The van der Waals surface area contributed by atoms with Crippen molar-refractivity contribution in [3.05, 3.63) is 12.2 Å². The van der Waals surface area contributed by atoms with Crippen LogP contribution in [0.2, 0.25) is 0 Å². The van der Waals surface area contributed by atoms with E-state index in [-0.39, 0.29) is 30.9 Å². The van der Waals surface area contributed by atoms with E-state index >= 15 is 0 Å². The first-order valence-corrected chi connectivity index (χ1v) is 12.1. The molecule has 0 aliphatic carbocycles. The fourth-order valence-electron chi connectivity index (χ4n) is 3.21. The number of unbranched alkanes of at least 4 members (excludes halogenated alkanes) is 9. The number of allylic oxidation sites excluding steroid dienone is 1. The van der Waals surface area contributed by atoms with Gasteiger partial charge in [0, 0.05) is 12.8 Å². The minimum atomic E-state index is -0.242. The Kier molecular flexibility index (Phi) is 20.4. The lowest BCUT2D eigenvalue weighted by molar-refractivity contribution is -0.150. The number of hydrogen-bond acceptors (Lipinski definition) is 4. The van der Waals surface area contributed by atoms with Crippen LogP contribution in [0, 0.1) is 0 Å². The molecule has 0 fully saturated rings. The fourth-order valence-corrected chi connectivity index (χ4v) is 3.21. The summed E-state index contributed by atoms with van der Waals surface area (Å²) in [6.45, 7) is 6.78. The van der Waals surface area contributed by atoms with E-state index < -0.39 is 0 Å². The van der Waals surface area contributed by atoms with E-state index in [4.69, 9.17) is 9.47 Å². The van der Waals surface area contributed by atoms with Gasteiger partial charge in [0.1, 0.15) is 12.7 Å². The molecule has 0 aromatic rings. The molecular formula is C25H46O4. The highest BCUT2D eigenvalue weighted by atomic mass is 16.5. The summed E-state index contributed by atoms with van der Waals surface area (Å²) in [7, 11) is 0. The molecular weight excluding hydrogens is 364 g/mol. The van der Waals surface area contributed by atoms with Crippen molar-refractivity contribution >= 4 is 11.9 Å². The predicted molar refractivity (Wildman–Crippen MR) is 121 cm³/mol. The molecule has 4 nitrogen and oxygen atoms in total. The molecule has 0 saturated carbocycles. The van der Waals surface area contributed by atoms with E-state index in [1.54, 1.807) is 0 Å². The van der Waals surface area contributed by atoms with Gasteiger partial charge >= 0.3 is 11.9 Å². The summed E-state index contributed by atoms with van der Waals surface area (Å²) in [6.07, 6.45) is 20.5. The molecule has 0 radical (unpaired) electrons. The molecule has 0 saturated heterocycles. The molecule has 29 heavy (non-hydrogen) atoms. The third-order valence-corrected chi connectivity index (χ3v) is 5.13. The quantitative estimate of drug-likeness (QED) is 0.120. The van der Waals surface area contributed by atoms with E-state index in [0.29, 0.717) is 13.0 Å². The van der Waals surface area contributed by atoms with Crippen LogP contribution < -0.4 is 0 Å². The van der Waals surface area contributed by atoms with Gasteiger partial charge in [0.25, 0.3) is 0 Å². The second kappa shape index (κ2) is 21.4. The standard InChI is InChI=1S/C25H46O4/c1-4-7-9-10-11-12-13-14-15-17-22-28-24(26)20-18-21-25(27)29-23(6-3)19-16-8-5-2/h15,17,23H,4-14,16,18-22H2,1-3H3/b17-15+. The van der Waals surface area contributed by atoms with E-state index in [1.807, 2.05) is 13.0 Å². The largest absolute Gasteiger partial charge is 0.462 e. The van der Waals surface area contributed by atoms with Crippen LogP contribution in [-0.2, 0) is 19.1 Å². The molecule has 4 heteroatoms. The van der Waals surface area contributed by atoms with Crippen LogP contribution in [0.3, 0.4) is 0 Å². The molecule has 0 bridgehead atoms. The highest BCUT2D eigenvalue weighted by Gasteiger charge is 2.13. The van der Waals surface area contributed by atoms with E-state index in [2.05, 4.69) is 19.9 Å². The van der Waals surface area contributed by atoms with Gasteiger partial charge in [-0.2, -0.15) is 0 Å². The zero-order valence-corrected chi connectivity index (χ0v) is 19.4. The molecule has 0 N–H and O–H groups in total. The first-order chi connectivity index (χ1) is 14.1. The van der Waals surface area contributed by atoms with Crippen LogP contribution in [0.5, 0.6) is 0 Å². The Morgan fingerprint density at radius 1 is 0.724 bits per heavy atom. The summed E-state index contributed by atoms with van der Waals surface area (Å²) < 4.78 is 10.7. The van der Waals surface area contributed by atoms with Crippen LogP contribution >= 0.6 is 0 Å². The Bertz CT molecular complexity index is 417. The smallest absolute Gasteiger partial charge is 0.306 e. The third-order valence-electron chi connectivity index (χ3n) is 5.13. The van der Waals surface area contributed by atoms with Gasteiger partial charge in [0.15, 0.2) is 0 Å². The van der Waals surface area contributed by atoms with Crippen molar-refractivity contribution in [1.29, 1.82) is 0 Å². The van der Waals surface area contributed by atoms with Crippen molar-refractivity contribution in [2.45, 2.75) is 130 Å². The Morgan fingerprint density at radius 3 is 2.03 bits per heavy atom. The van der Waals surface area contributed by atoms with Crippen LogP contribution in [0.15, 0.2) is 12.2 Å². The molecule has 0 amide bonds. The van der Waals surface area contributed by atoms with Gasteiger partial charge in [0.2, 0.25) is 0 Å². The lowest BCUT2D eigenvalue weighted by atomic mass is 10.1. The number of hydrogen-bond donors (Lipinski definition) is 0. The molecule has 0 spiro atoms. The summed E-state index contributed by atoms with van der Waals surface area (Å²) in [5.41, 5.74) is 0. The first-order valence-electron chi connectivity index (χ1n) is 12.1. The molecule has 1 atom stereocenters. The predicted octanol–water partition coefficient (Wildman–Crippen LogP) is 7.30. The van der Waals surface area contributed by atoms with Gasteiger partial charge in [-0.25, -0.2) is 0 Å². The van der Waals surface area contributed by atoms with Crippen molar-refractivity contribution in [2.75, 3.05) is 6.61 Å². The first kappa shape index (κ1) is 27.7. The van der Waals surface area contributed by atoms with E-state index in [0.717, 1.165) is 25.7 Å². The Balaban J connectivity index is 3.60. The van der Waals surface area contributed by atoms with Crippen molar-refractivity contribution in [2.24, 2.45) is 0 Å². The maximum atomic E-state index is 11.9. The number of ether oxygens (including phenoxy) is 2. The Hall–Kier alpha value is -1.32. The van der Waals surface area contributed by atoms with Gasteiger partial charge < -0.3 is 9.47 Å². The Labute approximate surface area is 179 Å². The number of rotatable bonds is 20. The lowest BCUT2D eigenvalue weighted by Crippen LogP contribution is -2.17. The Morgan fingerprint density at radius 2 is 1.34 bits per heavy atom. The number of carbonyl (C=O) groups is 2. The SMILES string of the molecule is CCCCCCCCC/C=C/COC(=O)CCCC(=O)OC(CC)CCCCC. The fraction of sp³-hybridized carbons (Fsp3) is 0.840. The molecule has 0 aliphatic heterocycles. The lowest BCUT2D eigenvalue weighted by Gasteiger charge is -2.15. The van der Waals surface area contributed by atoms with Crippen LogP contribution in [-0.4, -0.2) is 24.6 Å². The average Bonchev–Trinajstić information content (AvgIpc) is 2.71. The summed E-state index contributed by atoms with van der Waals surface area (Å²) >= 11 is 0. The highest BCUT2D eigenvalue weighted by molar-refractivity contribution is 5.72. The summed E-state index contributed by atoms with van der Waals surface area (Å²) in [4.78, 5) is 23.6. The van der Waals surface area contributed by atoms with Crippen molar-refractivity contribution < 1.29 is 19.1 Å². The summed E-state index contributed by atoms with van der Waals surface area (Å²) in [5.74, 6) is -0.441. The minimum Gasteiger partial charge on any atom is -0.462 e. The molecule has 0 aromatic carbocycles. The minimum absolute atomic E-state index is 0.0162. The van der Waals surface area contributed by atoms with Crippen molar-refractivity contribution in [3.8, 4) is 0 Å². The average molecular weight is 411 g/mol. The topological polar surface area (TPSA) is 52.6 Å². The zero-order chi connectivity index (χ0) is 21.6. The molecule has 170 valence electrons. The van der Waals surface area contributed by atoms with Gasteiger partial charge in [0.05, 0.1) is 0 Å². The van der Waals surface area contributed by atoms with Crippen molar-refractivity contribution in [3.63, 3.8) is 0 Å². The van der Waals surface area contributed by atoms with Gasteiger partial charge in [-0.15, -0.1) is 0 Å². The molecule has 0 heterocycles. The van der Waals surface area contributed by atoms with E-state index in [9.17, 15) is 9.59 Å². The van der Waals surface area contributed by atoms with E-state index in [1.165, 1.54) is 57.8 Å². The monoisotopic (exact) mass is 410 g/mol. The van der Waals surface area contributed by atoms with Crippen LogP contribution in [0.4, 0.5) is 0 Å². The molecule has 0 rings (SSSR count). The second-order valence-corrected chi connectivity index (χ2v) is 7.93. The van der Waals surface area contributed by atoms with Crippen molar-refractivity contribution in [1.82, 2.24) is 0 Å². The van der Waals surface area contributed by atoms with Gasteiger partial charge in [-0.1, -0.05) is 84.3 Å². The number of carbonyl (C=O) groups excluding carboxylic acids is 2. The molecule has 1 unspecified atom stereocenters. The van der Waals surface area contributed by atoms with Gasteiger partial charge in [-0.05, 0) is 38.5 Å². The maximum absolute atomic E-state index is 11.9. The third kappa shape index (κ3) is 19.8. The molecule has 0 aliphatic rings. The molecule has 0 aromatic heterocycles. The highest BCUT2D eigenvalue weighted by Crippen LogP contribution is 2.12. The van der Waals surface area contributed by atoms with Crippen LogP contribution in [0.25, 0.3) is 0 Å². The summed E-state index contributed by atoms with van der Waals surface area (Å²) in [6, 6.07) is 0. The number of esters is 2. The van der Waals surface area contributed by atoms with Crippen LogP contribution in [0.1, 0.15) is 124 Å². The summed E-state index contributed by atoms with van der Waals surface area (Å²) in [5, 5.41) is 0. The maximum Gasteiger partial charge on any atom is 0.306 e.